The smallest absolute Gasteiger partial charge is 0.0613 e. The Morgan fingerprint density at radius 2 is 2.13 bits per heavy atom. The van der Waals surface area contributed by atoms with E-state index in [4.69, 9.17) is 4.74 Å². The van der Waals surface area contributed by atoms with E-state index >= 15 is 0 Å². The van der Waals surface area contributed by atoms with Gasteiger partial charge in [0.1, 0.15) is 0 Å². The van der Waals surface area contributed by atoms with Gasteiger partial charge in [0.15, 0.2) is 0 Å². The van der Waals surface area contributed by atoms with Gasteiger partial charge in [-0.05, 0) is 37.5 Å². The largest absolute Gasteiger partial charge is 0.383 e. The highest BCUT2D eigenvalue weighted by molar-refractivity contribution is 4.87. The molecule has 2 heteroatoms. The van der Waals surface area contributed by atoms with Crippen LogP contribution in [0.1, 0.15) is 47.0 Å². The van der Waals surface area contributed by atoms with Gasteiger partial charge < -0.3 is 10.1 Å². The summed E-state index contributed by atoms with van der Waals surface area (Å²) in [5, 5.41) is 3.68. The Morgan fingerprint density at radius 1 is 1.47 bits per heavy atom. The van der Waals surface area contributed by atoms with Gasteiger partial charge in [0, 0.05) is 19.2 Å². The molecule has 1 rings (SSSR count). The minimum atomic E-state index is 0.476. The van der Waals surface area contributed by atoms with Crippen LogP contribution >= 0.6 is 0 Å². The van der Waals surface area contributed by atoms with Crippen molar-refractivity contribution in [3.63, 3.8) is 0 Å². The van der Waals surface area contributed by atoms with Crippen molar-refractivity contribution in [3.05, 3.63) is 0 Å². The van der Waals surface area contributed by atoms with Crippen LogP contribution in [0.5, 0.6) is 0 Å². The van der Waals surface area contributed by atoms with E-state index in [0.717, 1.165) is 12.5 Å². The molecule has 1 saturated carbocycles. The van der Waals surface area contributed by atoms with Crippen LogP contribution in [0, 0.1) is 11.3 Å². The van der Waals surface area contributed by atoms with Crippen molar-refractivity contribution in [1.29, 1.82) is 0 Å². The molecular formula is C13H27NO. The zero-order valence-corrected chi connectivity index (χ0v) is 11.0. The summed E-state index contributed by atoms with van der Waals surface area (Å²) in [6, 6.07) is 1.16. The molecule has 0 radical (unpaired) electrons. The number of rotatable bonds is 4. The van der Waals surface area contributed by atoms with Crippen molar-refractivity contribution < 1.29 is 4.74 Å². The lowest BCUT2D eigenvalue weighted by Crippen LogP contribution is -2.46. The molecule has 3 atom stereocenters. The fourth-order valence-corrected chi connectivity index (χ4v) is 2.86. The quantitative estimate of drug-likeness (QED) is 0.775. The maximum Gasteiger partial charge on any atom is 0.0613 e. The third kappa shape index (κ3) is 4.12. The van der Waals surface area contributed by atoms with Gasteiger partial charge in [-0.1, -0.05) is 20.8 Å². The zero-order chi connectivity index (χ0) is 11.5. The lowest BCUT2D eigenvalue weighted by Gasteiger charge is -2.40. The lowest BCUT2D eigenvalue weighted by molar-refractivity contribution is 0.118. The molecule has 0 bridgehead atoms. The van der Waals surface area contributed by atoms with Crippen LogP contribution in [0.2, 0.25) is 0 Å². The Labute approximate surface area is 94.8 Å². The molecule has 3 unspecified atom stereocenters. The second-order valence-electron chi connectivity index (χ2n) is 6.01. The summed E-state index contributed by atoms with van der Waals surface area (Å²) in [4.78, 5) is 0. The van der Waals surface area contributed by atoms with E-state index in [1.54, 1.807) is 7.11 Å². The third-order valence-corrected chi connectivity index (χ3v) is 3.61. The van der Waals surface area contributed by atoms with Gasteiger partial charge in [-0.25, -0.2) is 0 Å². The number of hydrogen-bond acceptors (Lipinski definition) is 2. The van der Waals surface area contributed by atoms with Gasteiger partial charge in [-0.15, -0.1) is 0 Å². The highest BCUT2D eigenvalue weighted by Crippen LogP contribution is 2.38. The molecule has 1 aliphatic rings. The molecule has 1 aliphatic carbocycles. The average Bonchev–Trinajstić information content (AvgIpc) is 2.10. The van der Waals surface area contributed by atoms with Crippen LogP contribution in [0.4, 0.5) is 0 Å². The summed E-state index contributed by atoms with van der Waals surface area (Å²) in [7, 11) is 1.77. The first-order valence-corrected chi connectivity index (χ1v) is 6.19. The number of ether oxygens (including phenoxy) is 1. The van der Waals surface area contributed by atoms with E-state index < -0.39 is 0 Å². The summed E-state index contributed by atoms with van der Waals surface area (Å²) in [6.07, 6.45) is 3.99. The molecule has 0 heterocycles. The normalized spacial score (nSPS) is 32.6. The predicted molar refractivity (Wildman–Crippen MR) is 65.1 cm³/mol. The Hall–Kier alpha value is -0.0800. The molecule has 2 nitrogen and oxygen atoms in total. The van der Waals surface area contributed by atoms with Crippen molar-refractivity contribution in [2.24, 2.45) is 11.3 Å². The molecule has 0 amide bonds. The second kappa shape index (κ2) is 5.31. The molecule has 0 aliphatic heterocycles. The molecule has 0 aromatic heterocycles. The Morgan fingerprint density at radius 3 is 2.67 bits per heavy atom. The minimum absolute atomic E-state index is 0.476. The van der Waals surface area contributed by atoms with E-state index in [9.17, 15) is 0 Å². The fraction of sp³-hybridized carbons (Fsp3) is 1.00. The van der Waals surface area contributed by atoms with Gasteiger partial charge in [-0.3, -0.25) is 0 Å². The fourth-order valence-electron chi connectivity index (χ4n) is 2.86. The van der Waals surface area contributed by atoms with Crippen molar-refractivity contribution in [2.45, 2.75) is 59.0 Å². The van der Waals surface area contributed by atoms with Crippen LogP contribution in [0.3, 0.4) is 0 Å². The van der Waals surface area contributed by atoms with Gasteiger partial charge >= 0.3 is 0 Å². The van der Waals surface area contributed by atoms with Crippen molar-refractivity contribution in [1.82, 2.24) is 5.32 Å². The Balaban J connectivity index is 2.38. The summed E-state index contributed by atoms with van der Waals surface area (Å²) >= 11 is 0. The van der Waals surface area contributed by atoms with Crippen LogP contribution in [0.15, 0.2) is 0 Å². The Bertz CT molecular complexity index is 191. The van der Waals surface area contributed by atoms with Crippen LogP contribution < -0.4 is 5.32 Å². The number of methoxy groups -OCH3 is 1. The molecule has 0 aromatic rings. The highest BCUT2D eigenvalue weighted by Gasteiger charge is 2.32. The lowest BCUT2D eigenvalue weighted by atomic mass is 9.70. The van der Waals surface area contributed by atoms with Crippen LogP contribution in [-0.4, -0.2) is 25.8 Å². The van der Waals surface area contributed by atoms with E-state index in [0.29, 0.717) is 17.5 Å². The first kappa shape index (κ1) is 13.0. The SMILES string of the molecule is COCC(C)NC1CCC(C)(C)CC1C. The summed E-state index contributed by atoms with van der Waals surface area (Å²) < 4.78 is 5.16. The number of hydrogen-bond donors (Lipinski definition) is 1. The maximum atomic E-state index is 5.16. The highest BCUT2D eigenvalue weighted by atomic mass is 16.5. The van der Waals surface area contributed by atoms with E-state index in [2.05, 4.69) is 33.0 Å². The average molecular weight is 213 g/mol. The van der Waals surface area contributed by atoms with Crippen LogP contribution in [-0.2, 0) is 4.74 Å². The first-order valence-electron chi connectivity index (χ1n) is 6.19. The predicted octanol–water partition coefficient (Wildman–Crippen LogP) is 2.83. The molecule has 90 valence electrons. The van der Waals surface area contributed by atoms with E-state index in [1.807, 2.05) is 0 Å². The summed E-state index contributed by atoms with van der Waals surface area (Å²) in [5.41, 5.74) is 0.544. The first-order chi connectivity index (χ1) is 6.94. The van der Waals surface area contributed by atoms with E-state index in [1.165, 1.54) is 19.3 Å². The molecule has 1 fully saturated rings. The number of nitrogens with one attached hydrogen (secondary N) is 1. The zero-order valence-electron chi connectivity index (χ0n) is 11.0. The Kier molecular flexibility index (Phi) is 4.60. The monoisotopic (exact) mass is 213 g/mol. The molecule has 1 N–H and O–H groups in total. The van der Waals surface area contributed by atoms with Gasteiger partial charge in [0.2, 0.25) is 0 Å². The minimum Gasteiger partial charge on any atom is -0.383 e. The van der Waals surface area contributed by atoms with Crippen molar-refractivity contribution in [2.75, 3.05) is 13.7 Å². The van der Waals surface area contributed by atoms with Gasteiger partial charge in [-0.2, -0.15) is 0 Å². The van der Waals surface area contributed by atoms with Crippen molar-refractivity contribution in [3.8, 4) is 0 Å². The molecule has 15 heavy (non-hydrogen) atoms. The van der Waals surface area contributed by atoms with Gasteiger partial charge in [0.05, 0.1) is 6.61 Å². The molecule has 0 aromatic carbocycles. The third-order valence-electron chi connectivity index (χ3n) is 3.61. The molecular weight excluding hydrogens is 186 g/mol. The topological polar surface area (TPSA) is 21.3 Å². The molecule has 0 spiro atoms. The molecule has 0 saturated heterocycles. The maximum absolute atomic E-state index is 5.16. The summed E-state index contributed by atoms with van der Waals surface area (Å²) in [5.74, 6) is 0.785. The van der Waals surface area contributed by atoms with Gasteiger partial charge in [0.25, 0.3) is 0 Å². The summed E-state index contributed by atoms with van der Waals surface area (Å²) in [6.45, 7) is 10.2. The second-order valence-corrected chi connectivity index (χ2v) is 6.01. The van der Waals surface area contributed by atoms with Crippen molar-refractivity contribution >= 4 is 0 Å². The standard InChI is InChI=1S/C13H27NO/c1-10-8-13(3,4)7-6-12(10)14-11(2)9-15-5/h10-12,14H,6-9H2,1-5H3. The van der Waals surface area contributed by atoms with Crippen LogP contribution in [0.25, 0.3) is 0 Å². The van der Waals surface area contributed by atoms with E-state index in [-0.39, 0.29) is 0 Å².